The van der Waals surface area contributed by atoms with Crippen LogP contribution in [0.1, 0.15) is 12.8 Å². The zero-order valence-electron chi connectivity index (χ0n) is 16.9. The van der Waals surface area contributed by atoms with Crippen LogP contribution in [0.5, 0.6) is 0 Å². The molecular weight excluding hydrogens is 531 g/mol. The van der Waals surface area contributed by atoms with Gasteiger partial charge in [-0.2, -0.15) is 0 Å². The molecule has 1 rings (SSSR count). The van der Waals surface area contributed by atoms with E-state index in [0.717, 1.165) is 0 Å². The third-order valence-electron chi connectivity index (χ3n) is 4.33. The first-order valence-electron chi connectivity index (χ1n) is 9.53. The van der Waals surface area contributed by atoms with Gasteiger partial charge < -0.3 is 25.4 Å². The highest BCUT2D eigenvalue weighted by Crippen LogP contribution is 2.09. The van der Waals surface area contributed by atoms with Gasteiger partial charge in [-0.25, -0.2) is 3.11 Å². The van der Waals surface area contributed by atoms with Crippen molar-refractivity contribution < 1.29 is 44.0 Å². The summed E-state index contributed by atoms with van der Waals surface area (Å²) in [5.41, 5.74) is 0. The highest BCUT2D eigenvalue weighted by atomic mass is 127. The predicted octanol–water partition coefficient (Wildman–Crippen LogP) is -1.68. The molecular formula is C17H27IN4O9. The van der Waals surface area contributed by atoms with Gasteiger partial charge >= 0.3 is 29.8 Å². The number of hydrogen-bond acceptors (Lipinski definition) is 10. The van der Waals surface area contributed by atoms with Crippen molar-refractivity contribution in [1.82, 2.24) is 18.2 Å². The van der Waals surface area contributed by atoms with Crippen molar-refractivity contribution in [3.8, 4) is 0 Å². The Labute approximate surface area is 192 Å². The lowest BCUT2D eigenvalue weighted by atomic mass is 10.1. The van der Waals surface area contributed by atoms with E-state index in [-0.39, 0.29) is 51.6 Å². The van der Waals surface area contributed by atoms with Crippen LogP contribution in [0.25, 0.3) is 0 Å². The zero-order chi connectivity index (χ0) is 23.4. The Balaban J connectivity index is 2.52. The molecule has 0 aromatic carbocycles. The van der Waals surface area contributed by atoms with Crippen molar-refractivity contribution in [3.63, 3.8) is 0 Å². The van der Waals surface area contributed by atoms with Gasteiger partial charge in [0.2, 0.25) is 0 Å². The normalized spacial score (nSPS) is 15.0. The molecule has 13 nitrogen and oxygen atoms in total. The van der Waals surface area contributed by atoms with Gasteiger partial charge in [0.25, 0.3) is 0 Å². The van der Waals surface area contributed by atoms with Crippen LogP contribution in [0.3, 0.4) is 0 Å². The minimum absolute atomic E-state index is 0.0558. The summed E-state index contributed by atoms with van der Waals surface area (Å²) in [6, 6.07) is -0.368. The summed E-state index contributed by atoms with van der Waals surface area (Å²) in [6.07, 6.45) is 0.112. The number of hydrogen-bond donors (Lipinski definition) is 4. The first kappa shape index (κ1) is 27.2. The van der Waals surface area contributed by atoms with Crippen LogP contribution in [0, 0.1) is 0 Å². The van der Waals surface area contributed by atoms with Gasteiger partial charge in [0, 0.05) is 68.2 Å². The fourth-order valence-corrected chi connectivity index (χ4v) is 3.44. The molecule has 1 fully saturated rings. The molecule has 176 valence electrons. The molecule has 0 saturated carbocycles. The smallest absolute Gasteiger partial charge is 0.318 e. The Hall–Kier alpha value is -1.88. The third-order valence-corrected chi connectivity index (χ3v) is 5.15. The molecule has 31 heavy (non-hydrogen) atoms. The van der Waals surface area contributed by atoms with Crippen molar-refractivity contribution in [1.29, 1.82) is 0 Å². The number of halogens is 1. The molecule has 0 bridgehead atoms. The first-order chi connectivity index (χ1) is 14.5. The van der Waals surface area contributed by atoms with E-state index in [1.807, 2.05) is 22.9 Å². The van der Waals surface area contributed by atoms with E-state index in [1.165, 1.54) is 3.11 Å². The summed E-state index contributed by atoms with van der Waals surface area (Å²) in [5.74, 6) is -4.28. The molecule has 0 aromatic rings. The summed E-state index contributed by atoms with van der Waals surface area (Å²) in [6.45, 7) is 1.10. The van der Waals surface area contributed by atoms with E-state index in [4.69, 9.17) is 15.3 Å². The van der Waals surface area contributed by atoms with E-state index in [2.05, 4.69) is 10.1 Å². The van der Waals surface area contributed by atoms with Crippen molar-refractivity contribution in [2.45, 2.75) is 18.9 Å². The van der Waals surface area contributed by atoms with Crippen LogP contribution in [0.4, 0.5) is 0 Å². The van der Waals surface area contributed by atoms with E-state index in [9.17, 15) is 24.0 Å². The third kappa shape index (κ3) is 13.2. The molecule has 1 saturated heterocycles. The summed E-state index contributed by atoms with van der Waals surface area (Å²) < 4.78 is 5.98. The minimum Gasteiger partial charge on any atom is -0.480 e. The lowest BCUT2D eigenvalue weighted by Crippen LogP contribution is -2.46. The highest BCUT2D eigenvalue weighted by molar-refractivity contribution is 14.1. The van der Waals surface area contributed by atoms with E-state index >= 15 is 0 Å². The van der Waals surface area contributed by atoms with Gasteiger partial charge in [-0.1, -0.05) is 0 Å². The number of carboxylic acid groups (broad SMARTS) is 3. The number of carbonyl (C=O) groups is 5. The number of ether oxygens (including phenoxy) is 1. The molecule has 0 atom stereocenters. The van der Waals surface area contributed by atoms with E-state index in [1.54, 1.807) is 9.80 Å². The molecule has 1 aliphatic heterocycles. The Morgan fingerprint density at radius 1 is 0.839 bits per heavy atom. The zero-order valence-corrected chi connectivity index (χ0v) is 19.0. The van der Waals surface area contributed by atoms with Gasteiger partial charge in [0.15, 0.2) is 0 Å². The number of cyclic esters (lactones) is 2. The Morgan fingerprint density at radius 2 is 1.29 bits per heavy atom. The largest absolute Gasteiger partial charge is 0.480 e. The molecule has 0 aromatic heterocycles. The molecule has 4 N–H and O–H groups in total. The fourth-order valence-electron chi connectivity index (χ4n) is 2.94. The predicted molar refractivity (Wildman–Crippen MR) is 114 cm³/mol. The Morgan fingerprint density at radius 3 is 1.77 bits per heavy atom. The van der Waals surface area contributed by atoms with Crippen molar-refractivity contribution in [2.75, 3.05) is 58.9 Å². The fraction of sp³-hybridized carbons (Fsp3) is 0.706. The second-order valence-corrected chi connectivity index (χ2v) is 8.35. The van der Waals surface area contributed by atoms with Gasteiger partial charge in [0.05, 0.1) is 25.9 Å². The molecule has 0 unspecified atom stereocenters. The van der Waals surface area contributed by atoms with E-state index in [0.29, 0.717) is 26.2 Å². The molecule has 1 heterocycles. The summed E-state index contributed by atoms with van der Waals surface area (Å²) in [5, 5.41) is 30.1. The maximum absolute atomic E-state index is 11.3. The summed E-state index contributed by atoms with van der Waals surface area (Å²) in [7, 11) is 0. The molecule has 0 spiro atoms. The van der Waals surface area contributed by atoms with Gasteiger partial charge in [-0.05, 0) is 0 Å². The second-order valence-electron chi connectivity index (χ2n) is 6.98. The number of carbonyl (C=O) groups excluding carboxylic acids is 2. The first-order valence-corrected chi connectivity index (χ1v) is 10.5. The average molecular weight is 558 g/mol. The van der Waals surface area contributed by atoms with Crippen LogP contribution in [-0.4, -0.2) is 123 Å². The number of aliphatic carboxylic acids is 3. The van der Waals surface area contributed by atoms with Crippen LogP contribution in [0.15, 0.2) is 0 Å². The van der Waals surface area contributed by atoms with Gasteiger partial charge in [0.1, 0.15) is 6.54 Å². The van der Waals surface area contributed by atoms with Crippen LogP contribution in [-0.2, 0) is 28.7 Å². The number of nitrogens with one attached hydrogen (secondary N) is 1. The average Bonchev–Trinajstić information content (AvgIpc) is 2.61. The lowest BCUT2D eigenvalue weighted by molar-refractivity contribution is -0.164. The second kappa shape index (κ2) is 14.2. The quantitative estimate of drug-likeness (QED) is 0.0732. The van der Waals surface area contributed by atoms with Crippen molar-refractivity contribution in [3.05, 3.63) is 0 Å². The maximum atomic E-state index is 11.3. The number of esters is 2. The van der Waals surface area contributed by atoms with Gasteiger partial charge in [-0.15, -0.1) is 0 Å². The Bertz CT molecular complexity index is 648. The van der Waals surface area contributed by atoms with Crippen molar-refractivity contribution >= 4 is 52.7 Å². The van der Waals surface area contributed by atoms with Crippen molar-refractivity contribution in [2.24, 2.45) is 0 Å². The number of nitrogens with zero attached hydrogens (tertiary/aromatic N) is 3. The Kier molecular flexibility index (Phi) is 12.5. The van der Waals surface area contributed by atoms with Crippen LogP contribution < -0.4 is 5.32 Å². The SMILES string of the molecule is O=C(O)CN(I)CCN(CCN(CCNC1CC(=O)OC(=O)C1)CC(=O)O)CC(=O)O. The monoisotopic (exact) mass is 558 g/mol. The number of carboxylic acids is 3. The lowest BCUT2D eigenvalue weighted by Gasteiger charge is -2.27. The van der Waals surface area contributed by atoms with Gasteiger partial charge in [-0.3, -0.25) is 33.8 Å². The summed E-state index contributed by atoms with van der Waals surface area (Å²) >= 11 is 1.85. The molecule has 14 heteroatoms. The van der Waals surface area contributed by atoms with E-state index < -0.39 is 29.8 Å². The highest BCUT2D eigenvalue weighted by Gasteiger charge is 2.26. The number of rotatable bonds is 16. The minimum atomic E-state index is -1.04. The summed E-state index contributed by atoms with van der Waals surface area (Å²) in [4.78, 5) is 58.8. The van der Waals surface area contributed by atoms with Crippen LogP contribution in [0.2, 0.25) is 0 Å². The van der Waals surface area contributed by atoms with Crippen LogP contribution >= 0.6 is 22.9 Å². The topological polar surface area (TPSA) is 177 Å². The molecule has 1 aliphatic rings. The molecule has 0 aliphatic carbocycles. The standard InChI is InChI=1S/C17H27IN4O9/c18-22(11-15(27)28)6-5-21(10-14(25)26)4-3-20(9-13(23)24)2-1-19-12-7-16(29)31-17(30)8-12/h12,19H,1-11H2,(H,23,24)(H,25,26)(H,27,28). The molecule has 0 amide bonds. The molecule has 0 radical (unpaired) electrons. The maximum Gasteiger partial charge on any atom is 0.318 e.